The highest BCUT2D eigenvalue weighted by atomic mass is 19.1. The normalized spacial score (nSPS) is 14.9. The summed E-state index contributed by atoms with van der Waals surface area (Å²) in [6.07, 6.45) is 2.60. The van der Waals surface area contributed by atoms with Crippen molar-refractivity contribution in [2.75, 3.05) is 20.2 Å². The van der Waals surface area contributed by atoms with E-state index in [9.17, 15) is 4.39 Å². The summed E-state index contributed by atoms with van der Waals surface area (Å²) >= 11 is 0. The minimum absolute atomic E-state index is 0.216. The van der Waals surface area contributed by atoms with Crippen molar-refractivity contribution in [3.8, 4) is 5.75 Å². The van der Waals surface area contributed by atoms with Gasteiger partial charge in [-0.2, -0.15) is 0 Å². The number of methoxy groups -OCH3 is 1. The van der Waals surface area contributed by atoms with Crippen LogP contribution in [-0.4, -0.2) is 26.2 Å². The summed E-state index contributed by atoms with van der Waals surface area (Å²) in [6.45, 7) is 2.37. The number of hydrogen-bond acceptors (Lipinski definition) is 3. The molecular weight excluding hydrogens is 219 g/mol. The van der Waals surface area contributed by atoms with Gasteiger partial charge < -0.3 is 15.4 Å². The first kappa shape index (κ1) is 12.3. The first-order valence-electron chi connectivity index (χ1n) is 6.06. The van der Waals surface area contributed by atoms with Crippen LogP contribution in [0.1, 0.15) is 18.4 Å². The van der Waals surface area contributed by atoms with E-state index in [1.54, 1.807) is 12.1 Å². The number of ether oxygens (including phenoxy) is 1. The highest BCUT2D eigenvalue weighted by Crippen LogP contribution is 2.18. The molecule has 0 radical (unpaired) electrons. The zero-order valence-electron chi connectivity index (χ0n) is 10.1. The molecule has 1 saturated carbocycles. The molecule has 0 bridgehead atoms. The Labute approximate surface area is 101 Å². The predicted octanol–water partition coefficient (Wildman–Crippen LogP) is 1.68. The smallest absolute Gasteiger partial charge is 0.131 e. The summed E-state index contributed by atoms with van der Waals surface area (Å²) in [5.74, 6) is 0.341. The van der Waals surface area contributed by atoms with E-state index in [-0.39, 0.29) is 5.82 Å². The Morgan fingerprint density at radius 3 is 2.82 bits per heavy atom. The minimum atomic E-state index is -0.216. The van der Waals surface area contributed by atoms with Gasteiger partial charge in [-0.3, -0.25) is 0 Å². The van der Waals surface area contributed by atoms with Gasteiger partial charge in [0.2, 0.25) is 0 Å². The Morgan fingerprint density at radius 2 is 2.18 bits per heavy atom. The van der Waals surface area contributed by atoms with Crippen molar-refractivity contribution in [3.05, 3.63) is 29.6 Å². The Hall–Kier alpha value is -1.13. The molecule has 17 heavy (non-hydrogen) atoms. The van der Waals surface area contributed by atoms with Crippen molar-refractivity contribution in [2.45, 2.75) is 25.4 Å². The zero-order chi connectivity index (χ0) is 12.1. The van der Waals surface area contributed by atoms with Crippen LogP contribution < -0.4 is 15.4 Å². The molecule has 1 aromatic carbocycles. The molecule has 0 amide bonds. The van der Waals surface area contributed by atoms with Gasteiger partial charge in [0.25, 0.3) is 0 Å². The van der Waals surface area contributed by atoms with E-state index in [0.717, 1.165) is 19.1 Å². The molecular formula is C13H19FN2O. The molecule has 1 fully saturated rings. The average Bonchev–Trinajstić information content (AvgIpc) is 3.14. The van der Waals surface area contributed by atoms with Crippen molar-refractivity contribution < 1.29 is 9.13 Å². The Balaban J connectivity index is 1.70. The largest absolute Gasteiger partial charge is 0.497 e. The molecule has 0 unspecified atom stereocenters. The summed E-state index contributed by atoms with van der Waals surface area (Å²) < 4.78 is 18.5. The maximum atomic E-state index is 13.5. The molecule has 2 N–H and O–H groups in total. The molecule has 94 valence electrons. The quantitative estimate of drug-likeness (QED) is 0.709. The molecule has 1 aliphatic rings. The fourth-order valence-corrected chi connectivity index (χ4v) is 1.67. The third-order valence-corrected chi connectivity index (χ3v) is 2.89. The van der Waals surface area contributed by atoms with Crippen molar-refractivity contribution in [1.29, 1.82) is 0 Å². The Morgan fingerprint density at radius 1 is 1.35 bits per heavy atom. The maximum Gasteiger partial charge on any atom is 0.131 e. The number of hydrogen-bond donors (Lipinski definition) is 2. The van der Waals surface area contributed by atoms with Gasteiger partial charge in [0.05, 0.1) is 7.11 Å². The van der Waals surface area contributed by atoms with Crippen LogP contribution in [0.4, 0.5) is 4.39 Å². The maximum absolute atomic E-state index is 13.5. The third kappa shape index (κ3) is 3.98. The van der Waals surface area contributed by atoms with Gasteiger partial charge in [-0.15, -0.1) is 0 Å². The van der Waals surface area contributed by atoms with Crippen LogP contribution in [0.15, 0.2) is 18.2 Å². The van der Waals surface area contributed by atoms with Crippen LogP contribution >= 0.6 is 0 Å². The highest BCUT2D eigenvalue weighted by molar-refractivity contribution is 5.28. The first-order chi connectivity index (χ1) is 8.29. The molecule has 0 saturated heterocycles. The summed E-state index contributed by atoms with van der Waals surface area (Å²) in [4.78, 5) is 0. The second kappa shape index (κ2) is 5.98. The van der Waals surface area contributed by atoms with Gasteiger partial charge >= 0.3 is 0 Å². The average molecular weight is 238 g/mol. The van der Waals surface area contributed by atoms with Crippen LogP contribution in [0.25, 0.3) is 0 Å². The molecule has 3 nitrogen and oxygen atoms in total. The van der Waals surface area contributed by atoms with Crippen LogP contribution in [0.2, 0.25) is 0 Å². The molecule has 1 aliphatic carbocycles. The molecule has 0 aliphatic heterocycles. The predicted molar refractivity (Wildman–Crippen MR) is 65.7 cm³/mol. The number of benzene rings is 1. The summed E-state index contributed by atoms with van der Waals surface area (Å²) in [5.41, 5.74) is 0.678. The molecule has 0 spiro atoms. The zero-order valence-corrected chi connectivity index (χ0v) is 10.1. The molecule has 1 aromatic rings. The molecule has 0 aromatic heterocycles. The van der Waals surface area contributed by atoms with E-state index in [1.807, 2.05) is 0 Å². The molecule has 4 heteroatoms. The summed E-state index contributed by atoms with van der Waals surface area (Å²) in [7, 11) is 1.54. The van der Waals surface area contributed by atoms with E-state index in [4.69, 9.17) is 4.74 Å². The summed E-state index contributed by atoms with van der Waals surface area (Å²) in [5, 5.41) is 6.62. The van der Waals surface area contributed by atoms with E-state index >= 15 is 0 Å². The third-order valence-electron chi connectivity index (χ3n) is 2.89. The highest BCUT2D eigenvalue weighted by Gasteiger charge is 2.19. The van der Waals surface area contributed by atoms with Gasteiger partial charge in [-0.25, -0.2) is 4.39 Å². The van der Waals surface area contributed by atoms with Gasteiger partial charge in [0, 0.05) is 37.3 Å². The van der Waals surface area contributed by atoms with Crippen molar-refractivity contribution in [3.63, 3.8) is 0 Å². The Bertz CT molecular complexity index is 366. The lowest BCUT2D eigenvalue weighted by molar-refractivity contribution is 0.410. The van der Waals surface area contributed by atoms with Crippen LogP contribution in [-0.2, 0) is 6.54 Å². The fourth-order valence-electron chi connectivity index (χ4n) is 1.67. The van der Waals surface area contributed by atoms with E-state index in [2.05, 4.69) is 10.6 Å². The SMILES string of the molecule is COc1ccc(CNCCNC2CC2)c(F)c1. The molecule has 2 rings (SSSR count). The second-order valence-corrected chi connectivity index (χ2v) is 4.36. The van der Waals surface area contributed by atoms with Crippen LogP contribution in [0, 0.1) is 5.82 Å². The van der Waals surface area contributed by atoms with Crippen molar-refractivity contribution in [2.24, 2.45) is 0 Å². The Kier molecular flexibility index (Phi) is 4.34. The topological polar surface area (TPSA) is 33.3 Å². The number of nitrogens with one attached hydrogen (secondary N) is 2. The van der Waals surface area contributed by atoms with Crippen molar-refractivity contribution in [1.82, 2.24) is 10.6 Å². The van der Waals surface area contributed by atoms with Crippen molar-refractivity contribution >= 4 is 0 Å². The molecule has 0 atom stereocenters. The van der Waals surface area contributed by atoms with E-state index in [0.29, 0.717) is 17.9 Å². The standard InChI is InChI=1S/C13H19FN2O/c1-17-12-5-2-10(13(14)8-12)9-15-6-7-16-11-3-4-11/h2,5,8,11,15-16H,3-4,6-7,9H2,1H3. The number of rotatable bonds is 7. The monoisotopic (exact) mass is 238 g/mol. The van der Waals surface area contributed by atoms with Gasteiger partial charge in [0.1, 0.15) is 11.6 Å². The fraction of sp³-hybridized carbons (Fsp3) is 0.538. The van der Waals surface area contributed by atoms with Gasteiger partial charge in [-0.1, -0.05) is 6.07 Å². The second-order valence-electron chi connectivity index (χ2n) is 4.36. The lowest BCUT2D eigenvalue weighted by Crippen LogP contribution is -2.28. The van der Waals surface area contributed by atoms with Gasteiger partial charge in [0.15, 0.2) is 0 Å². The van der Waals surface area contributed by atoms with Gasteiger partial charge in [-0.05, 0) is 18.9 Å². The van der Waals surface area contributed by atoms with Crippen LogP contribution in [0.5, 0.6) is 5.75 Å². The van der Waals surface area contributed by atoms with Crippen LogP contribution in [0.3, 0.4) is 0 Å². The molecule has 0 heterocycles. The van der Waals surface area contributed by atoms with E-state index in [1.165, 1.54) is 26.0 Å². The summed E-state index contributed by atoms with van der Waals surface area (Å²) in [6, 6.07) is 5.69. The lowest BCUT2D eigenvalue weighted by atomic mass is 10.2. The van der Waals surface area contributed by atoms with E-state index < -0.39 is 0 Å². The first-order valence-corrected chi connectivity index (χ1v) is 6.06. The minimum Gasteiger partial charge on any atom is -0.497 e. The number of halogens is 1. The lowest BCUT2D eigenvalue weighted by Gasteiger charge is -2.08.